The van der Waals surface area contributed by atoms with Crippen molar-refractivity contribution >= 4 is 11.4 Å². The molecule has 0 bridgehead atoms. The third-order valence-electron chi connectivity index (χ3n) is 8.43. The summed E-state index contributed by atoms with van der Waals surface area (Å²) >= 11 is 0. The van der Waals surface area contributed by atoms with Crippen molar-refractivity contribution in [2.24, 2.45) is 13.0 Å². The van der Waals surface area contributed by atoms with Gasteiger partial charge in [0.05, 0.1) is 35.1 Å². The Bertz CT molecular complexity index is 1420. The summed E-state index contributed by atoms with van der Waals surface area (Å²) in [4.78, 5) is 4.42. The molecular weight excluding hydrogens is 603 g/mol. The van der Waals surface area contributed by atoms with Crippen molar-refractivity contribution in [3.05, 3.63) is 64.5 Å². The maximum Gasteiger partial charge on any atom is 0.416 e. The van der Waals surface area contributed by atoms with Gasteiger partial charge in [0.2, 0.25) is 5.82 Å². The minimum absolute atomic E-state index is 0.00194. The van der Waals surface area contributed by atoms with E-state index in [1.54, 1.807) is 0 Å². The summed E-state index contributed by atoms with van der Waals surface area (Å²) in [6.45, 7) is 2.45. The molecule has 44 heavy (non-hydrogen) atoms. The lowest BCUT2D eigenvalue weighted by Gasteiger charge is -2.48. The van der Waals surface area contributed by atoms with E-state index in [4.69, 9.17) is 0 Å². The zero-order chi connectivity index (χ0) is 32.0. The van der Waals surface area contributed by atoms with Crippen LogP contribution in [-0.4, -0.2) is 39.3 Å². The molecule has 2 aliphatic rings. The molecule has 2 atom stereocenters. The number of hydrogen-bond donors (Lipinski definition) is 0. The van der Waals surface area contributed by atoms with Crippen molar-refractivity contribution in [1.29, 1.82) is 0 Å². The largest absolute Gasteiger partial charge is 0.416 e. The fraction of sp³-hybridized carbons (Fsp3) is 0.552. The number of tetrazole rings is 1. The number of hydrogen-bond acceptors (Lipinski definition) is 5. The van der Waals surface area contributed by atoms with Gasteiger partial charge < -0.3 is 9.80 Å². The third kappa shape index (κ3) is 6.60. The highest BCUT2D eigenvalue weighted by atomic mass is 19.4. The number of rotatable bonds is 6. The molecule has 2 aromatic carbocycles. The van der Waals surface area contributed by atoms with Crippen LogP contribution >= 0.6 is 0 Å². The third-order valence-corrected chi connectivity index (χ3v) is 8.43. The van der Waals surface area contributed by atoms with Crippen LogP contribution in [0.15, 0.2) is 36.4 Å². The Labute approximate surface area is 247 Å². The van der Waals surface area contributed by atoms with Crippen LogP contribution in [0.3, 0.4) is 0 Å². The van der Waals surface area contributed by atoms with Gasteiger partial charge in [-0.2, -0.15) is 44.3 Å². The molecular formula is C29H31F9N6. The summed E-state index contributed by atoms with van der Waals surface area (Å²) in [5.41, 5.74) is -4.15. The van der Waals surface area contributed by atoms with Crippen molar-refractivity contribution < 1.29 is 39.5 Å². The van der Waals surface area contributed by atoms with Crippen molar-refractivity contribution in [3.63, 3.8) is 0 Å². The highest BCUT2D eigenvalue weighted by Gasteiger charge is 2.43. The Morgan fingerprint density at radius 2 is 1.41 bits per heavy atom. The molecule has 0 N–H and O–H groups in total. The average Bonchev–Trinajstić information content (AvgIpc) is 3.38. The molecule has 3 aromatic rings. The Hall–Kier alpha value is -3.52. The van der Waals surface area contributed by atoms with Gasteiger partial charge in [0.1, 0.15) is 6.04 Å². The molecule has 1 aliphatic heterocycles. The normalized spacial score (nSPS) is 19.3. The van der Waals surface area contributed by atoms with E-state index in [0.29, 0.717) is 36.7 Å². The summed E-state index contributed by atoms with van der Waals surface area (Å²) in [6, 6.07) is 2.51. The fourth-order valence-corrected chi connectivity index (χ4v) is 6.30. The molecule has 0 spiro atoms. The average molecular weight is 635 g/mol. The van der Waals surface area contributed by atoms with E-state index in [1.165, 1.54) is 18.0 Å². The second-order valence-corrected chi connectivity index (χ2v) is 11.5. The van der Waals surface area contributed by atoms with Crippen molar-refractivity contribution in [2.45, 2.75) is 76.1 Å². The molecule has 6 nitrogen and oxygen atoms in total. The topological polar surface area (TPSA) is 50.1 Å². The van der Waals surface area contributed by atoms with Gasteiger partial charge in [-0.3, -0.25) is 0 Å². The molecule has 0 saturated heterocycles. The van der Waals surface area contributed by atoms with Crippen LogP contribution in [0.5, 0.6) is 0 Å². The molecule has 1 aliphatic carbocycles. The zero-order valence-corrected chi connectivity index (χ0v) is 23.9. The summed E-state index contributed by atoms with van der Waals surface area (Å²) in [6.07, 6.45) is -9.40. The van der Waals surface area contributed by atoms with Crippen molar-refractivity contribution in [1.82, 2.24) is 20.2 Å². The second kappa shape index (κ2) is 11.8. The quantitative estimate of drug-likeness (QED) is 0.257. The monoisotopic (exact) mass is 634 g/mol. The molecule has 15 heteroatoms. The predicted octanol–water partition coefficient (Wildman–Crippen LogP) is 8.04. The smallest absolute Gasteiger partial charge is 0.365 e. The van der Waals surface area contributed by atoms with Gasteiger partial charge in [0.25, 0.3) is 0 Å². The van der Waals surface area contributed by atoms with Crippen LogP contribution in [0, 0.1) is 5.92 Å². The lowest BCUT2D eigenvalue weighted by atomic mass is 9.87. The lowest BCUT2D eigenvalue weighted by Crippen LogP contribution is -2.52. The highest BCUT2D eigenvalue weighted by Crippen LogP contribution is 2.47. The van der Waals surface area contributed by atoms with E-state index in [0.717, 1.165) is 49.0 Å². The van der Waals surface area contributed by atoms with E-state index >= 15 is 0 Å². The highest BCUT2D eigenvalue weighted by molar-refractivity contribution is 5.76. The van der Waals surface area contributed by atoms with Gasteiger partial charge in [0.15, 0.2) is 0 Å². The van der Waals surface area contributed by atoms with E-state index in [2.05, 4.69) is 15.4 Å². The first-order valence-corrected chi connectivity index (χ1v) is 14.3. The molecule has 0 amide bonds. The van der Waals surface area contributed by atoms with E-state index < -0.39 is 46.8 Å². The summed E-state index contributed by atoms with van der Waals surface area (Å²) in [5, 5.41) is 11.8. The molecule has 2 heterocycles. The Balaban J connectivity index is 1.73. The molecule has 2 unspecified atom stereocenters. The van der Waals surface area contributed by atoms with Gasteiger partial charge in [-0.15, -0.1) is 10.2 Å². The van der Waals surface area contributed by atoms with Gasteiger partial charge in [-0.05, 0) is 72.4 Å². The SMILES string of the molecule is CCC1CN(C(c2cc(C(F)(F)F)cc(C(F)(F)F)c2)c2nnn(C)n2)c2cc(C(F)(F)F)ccc2N1CC1CCCCC1. The number of aryl methyl sites for hydroxylation is 1. The fourth-order valence-electron chi connectivity index (χ4n) is 6.30. The number of nitrogens with zero attached hydrogens (tertiary/aromatic N) is 6. The second-order valence-electron chi connectivity index (χ2n) is 11.5. The zero-order valence-electron chi connectivity index (χ0n) is 23.9. The minimum atomic E-state index is -5.14. The summed E-state index contributed by atoms with van der Waals surface area (Å²) < 4.78 is 125. The molecule has 240 valence electrons. The first-order valence-electron chi connectivity index (χ1n) is 14.3. The number of alkyl halides is 9. The first kappa shape index (κ1) is 31.9. The number of aromatic nitrogens is 4. The number of halogens is 9. The maximum atomic E-state index is 14.0. The van der Waals surface area contributed by atoms with Gasteiger partial charge in [-0.1, -0.05) is 26.2 Å². The Morgan fingerprint density at radius 1 is 0.795 bits per heavy atom. The molecule has 1 saturated carbocycles. The van der Waals surface area contributed by atoms with E-state index in [9.17, 15) is 39.5 Å². The van der Waals surface area contributed by atoms with Crippen LogP contribution in [-0.2, 0) is 25.6 Å². The number of benzene rings is 2. The van der Waals surface area contributed by atoms with E-state index in [1.807, 2.05) is 11.8 Å². The van der Waals surface area contributed by atoms with Gasteiger partial charge >= 0.3 is 18.5 Å². The maximum absolute atomic E-state index is 14.0. The molecule has 0 radical (unpaired) electrons. The molecule has 5 rings (SSSR count). The van der Waals surface area contributed by atoms with Crippen LogP contribution in [0.4, 0.5) is 50.9 Å². The van der Waals surface area contributed by atoms with Crippen molar-refractivity contribution in [3.8, 4) is 0 Å². The van der Waals surface area contributed by atoms with Crippen LogP contribution in [0.25, 0.3) is 0 Å². The summed E-state index contributed by atoms with van der Waals surface area (Å²) in [7, 11) is 1.37. The Morgan fingerprint density at radius 3 is 1.93 bits per heavy atom. The van der Waals surface area contributed by atoms with Crippen LogP contribution in [0.1, 0.15) is 79.6 Å². The predicted molar refractivity (Wildman–Crippen MR) is 144 cm³/mol. The molecule has 1 fully saturated rings. The first-order chi connectivity index (χ1) is 20.6. The standard InChI is InChI=1S/C29H31F9N6/c1-3-22-16-44(24-14-19(27(30,31)32)9-10-23(24)43(22)15-17-7-5-4-6-8-17)25(26-39-41-42(2)40-26)18-11-20(28(33,34)35)13-21(12-18)29(36,37)38/h9-14,17,22,25H,3-8,15-16H2,1-2H3. The van der Waals surface area contributed by atoms with E-state index in [-0.39, 0.29) is 30.2 Å². The van der Waals surface area contributed by atoms with Crippen LogP contribution < -0.4 is 9.80 Å². The van der Waals surface area contributed by atoms with Crippen molar-refractivity contribution in [2.75, 3.05) is 22.9 Å². The lowest BCUT2D eigenvalue weighted by molar-refractivity contribution is -0.143. The van der Waals surface area contributed by atoms with Gasteiger partial charge in [0, 0.05) is 19.1 Å². The minimum Gasteiger partial charge on any atom is -0.365 e. The molecule has 1 aromatic heterocycles. The number of anilines is 2. The Kier molecular flexibility index (Phi) is 8.53. The van der Waals surface area contributed by atoms with Gasteiger partial charge in [-0.25, -0.2) is 0 Å². The summed E-state index contributed by atoms with van der Waals surface area (Å²) in [5.74, 6) is 0.0497. The van der Waals surface area contributed by atoms with Crippen LogP contribution in [0.2, 0.25) is 0 Å². The number of fused-ring (bicyclic) bond motifs is 1.